The highest BCUT2D eigenvalue weighted by Crippen LogP contribution is 2.36. The minimum Gasteiger partial charge on any atom is -0.481 e. The Bertz CT molecular complexity index is 529. The Morgan fingerprint density at radius 2 is 1.81 bits per heavy atom. The SMILES string of the molecule is CC1CC(C(=O)O)C(C(=O)N[C@H](C)c2ccc(Br)cc2)C1. The number of carboxylic acids is 1. The van der Waals surface area contributed by atoms with Crippen molar-refractivity contribution in [2.24, 2.45) is 17.8 Å². The van der Waals surface area contributed by atoms with Crippen molar-refractivity contribution in [1.29, 1.82) is 0 Å². The first-order valence-electron chi connectivity index (χ1n) is 7.17. The quantitative estimate of drug-likeness (QED) is 0.871. The van der Waals surface area contributed by atoms with Gasteiger partial charge in [0.25, 0.3) is 0 Å². The van der Waals surface area contributed by atoms with E-state index in [0.29, 0.717) is 12.8 Å². The molecule has 3 unspecified atom stereocenters. The number of amides is 1. The fourth-order valence-electron chi connectivity index (χ4n) is 3.01. The average Bonchev–Trinajstić information content (AvgIpc) is 2.82. The number of carbonyl (C=O) groups excluding carboxylic acids is 1. The van der Waals surface area contributed by atoms with Gasteiger partial charge in [0.05, 0.1) is 17.9 Å². The van der Waals surface area contributed by atoms with E-state index in [2.05, 4.69) is 21.2 Å². The van der Waals surface area contributed by atoms with E-state index in [1.165, 1.54) is 0 Å². The van der Waals surface area contributed by atoms with Crippen molar-refractivity contribution in [3.8, 4) is 0 Å². The van der Waals surface area contributed by atoms with E-state index in [0.717, 1.165) is 10.0 Å². The molecule has 0 aliphatic heterocycles. The second-order valence-corrected chi connectivity index (χ2v) is 6.83. The normalized spacial score (nSPS) is 26.3. The maximum absolute atomic E-state index is 12.4. The van der Waals surface area contributed by atoms with Gasteiger partial charge in [-0.05, 0) is 43.4 Å². The highest BCUT2D eigenvalue weighted by atomic mass is 79.9. The lowest BCUT2D eigenvalue weighted by Gasteiger charge is -2.20. The molecule has 0 saturated heterocycles. The van der Waals surface area contributed by atoms with E-state index >= 15 is 0 Å². The first-order valence-corrected chi connectivity index (χ1v) is 7.96. The molecule has 0 aromatic heterocycles. The predicted molar refractivity (Wildman–Crippen MR) is 83.7 cm³/mol. The number of nitrogens with one attached hydrogen (secondary N) is 1. The number of halogens is 1. The summed E-state index contributed by atoms with van der Waals surface area (Å²) in [5.41, 5.74) is 1.00. The van der Waals surface area contributed by atoms with Gasteiger partial charge in [-0.3, -0.25) is 9.59 Å². The molecule has 1 amide bonds. The summed E-state index contributed by atoms with van der Waals surface area (Å²) in [6.45, 7) is 3.91. The van der Waals surface area contributed by atoms with Crippen molar-refractivity contribution in [3.63, 3.8) is 0 Å². The van der Waals surface area contributed by atoms with Crippen LogP contribution in [-0.2, 0) is 9.59 Å². The van der Waals surface area contributed by atoms with Gasteiger partial charge in [-0.25, -0.2) is 0 Å². The fourth-order valence-corrected chi connectivity index (χ4v) is 3.27. The molecule has 4 nitrogen and oxygen atoms in total. The van der Waals surface area contributed by atoms with Crippen molar-refractivity contribution in [1.82, 2.24) is 5.32 Å². The summed E-state index contributed by atoms with van der Waals surface area (Å²) in [6.07, 6.45) is 1.23. The molecule has 21 heavy (non-hydrogen) atoms. The molecule has 1 aliphatic carbocycles. The Morgan fingerprint density at radius 1 is 1.24 bits per heavy atom. The van der Waals surface area contributed by atoms with E-state index in [-0.39, 0.29) is 17.9 Å². The Labute approximate surface area is 133 Å². The molecular weight excluding hydrogens is 334 g/mol. The van der Waals surface area contributed by atoms with Crippen LogP contribution in [-0.4, -0.2) is 17.0 Å². The maximum atomic E-state index is 12.4. The van der Waals surface area contributed by atoms with Gasteiger partial charge in [0, 0.05) is 4.47 Å². The Hall–Kier alpha value is -1.36. The molecular formula is C16H20BrNO3. The summed E-state index contributed by atoms with van der Waals surface area (Å²) in [6, 6.07) is 7.61. The topological polar surface area (TPSA) is 66.4 Å². The first-order chi connectivity index (χ1) is 9.88. The number of carboxylic acid groups (broad SMARTS) is 1. The lowest BCUT2D eigenvalue weighted by atomic mass is 9.94. The van der Waals surface area contributed by atoms with Gasteiger partial charge in [0.15, 0.2) is 0 Å². The summed E-state index contributed by atoms with van der Waals surface area (Å²) in [7, 11) is 0. The van der Waals surface area contributed by atoms with Crippen LogP contribution in [0.5, 0.6) is 0 Å². The second-order valence-electron chi connectivity index (χ2n) is 5.91. The number of hydrogen-bond donors (Lipinski definition) is 2. The third-order valence-corrected chi connectivity index (χ3v) is 4.71. The largest absolute Gasteiger partial charge is 0.481 e. The monoisotopic (exact) mass is 353 g/mol. The highest BCUT2D eigenvalue weighted by molar-refractivity contribution is 9.10. The van der Waals surface area contributed by atoms with Crippen LogP contribution in [0.4, 0.5) is 0 Å². The minimum atomic E-state index is -0.865. The number of rotatable bonds is 4. The van der Waals surface area contributed by atoms with Gasteiger partial charge >= 0.3 is 5.97 Å². The molecule has 1 aliphatic rings. The van der Waals surface area contributed by atoms with E-state index in [4.69, 9.17) is 0 Å². The zero-order valence-corrected chi connectivity index (χ0v) is 13.8. The summed E-state index contributed by atoms with van der Waals surface area (Å²) in [5, 5.41) is 12.2. The lowest BCUT2D eigenvalue weighted by molar-refractivity contribution is -0.146. The number of carbonyl (C=O) groups is 2. The summed E-state index contributed by atoms with van der Waals surface area (Å²) in [4.78, 5) is 23.6. The number of benzene rings is 1. The standard InChI is InChI=1S/C16H20BrNO3/c1-9-7-13(14(8-9)16(20)21)15(19)18-10(2)11-3-5-12(17)6-4-11/h3-6,9-10,13-14H,7-8H2,1-2H3,(H,18,19)(H,20,21)/t9?,10-,13?,14?/m1/s1. The van der Waals surface area contributed by atoms with Crippen molar-refractivity contribution in [2.45, 2.75) is 32.7 Å². The van der Waals surface area contributed by atoms with Crippen molar-refractivity contribution in [3.05, 3.63) is 34.3 Å². The van der Waals surface area contributed by atoms with Crippen LogP contribution in [0.3, 0.4) is 0 Å². The molecule has 1 saturated carbocycles. The van der Waals surface area contributed by atoms with E-state index < -0.39 is 17.8 Å². The summed E-state index contributed by atoms with van der Waals surface area (Å²) < 4.78 is 0.986. The molecule has 2 rings (SSSR count). The second kappa shape index (κ2) is 6.60. The smallest absolute Gasteiger partial charge is 0.307 e. The maximum Gasteiger partial charge on any atom is 0.307 e. The van der Waals surface area contributed by atoms with Crippen LogP contribution in [0.2, 0.25) is 0 Å². The molecule has 0 heterocycles. The van der Waals surface area contributed by atoms with E-state index in [1.807, 2.05) is 38.1 Å². The summed E-state index contributed by atoms with van der Waals surface area (Å²) in [5.74, 6) is -1.71. The molecule has 2 N–H and O–H groups in total. The van der Waals surface area contributed by atoms with Crippen LogP contribution in [0, 0.1) is 17.8 Å². The molecule has 0 bridgehead atoms. The van der Waals surface area contributed by atoms with Gasteiger partial charge in [0.1, 0.15) is 0 Å². The third kappa shape index (κ3) is 3.84. The molecule has 4 atom stereocenters. The number of aliphatic carboxylic acids is 1. The van der Waals surface area contributed by atoms with E-state index in [1.54, 1.807) is 0 Å². The zero-order valence-electron chi connectivity index (χ0n) is 12.2. The molecule has 5 heteroatoms. The molecule has 0 spiro atoms. The molecule has 1 fully saturated rings. The Balaban J connectivity index is 2.03. The predicted octanol–water partition coefficient (Wildman–Crippen LogP) is 3.37. The molecule has 1 aromatic carbocycles. The van der Waals surface area contributed by atoms with Gasteiger partial charge in [0.2, 0.25) is 5.91 Å². The Morgan fingerprint density at radius 3 is 2.38 bits per heavy atom. The molecule has 1 aromatic rings. The van der Waals surface area contributed by atoms with Crippen LogP contribution < -0.4 is 5.32 Å². The van der Waals surface area contributed by atoms with Crippen LogP contribution in [0.15, 0.2) is 28.7 Å². The highest BCUT2D eigenvalue weighted by Gasteiger charge is 2.41. The summed E-state index contributed by atoms with van der Waals surface area (Å²) >= 11 is 3.38. The average molecular weight is 354 g/mol. The van der Waals surface area contributed by atoms with Gasteiger partial charge in [-0.1, -0.05) is 35.0 Å². The fraction of sp³-hybridized carbons (Fsp3) is 0.500. The molecule has 114 valence electrons. The Kier molecular flexibility index (Phi) is 5.04. The molecule has 0 radical (unpaired) electrons. The van der Waals surface area contributed by atoms with E-state index in [9.17, 15) is 14.7 Å². The minimum absolute atomic E-state index is 0.129. The lowest BCUT2D eigenvalue weighted by Crippen LogP contribution is -2.36. The van der Waals surface area contributed by atoms with Crippen LogP contribution in [0.1, 0.15) is 38.3 Å². The van der Waals surface area contributed by atoms with Crippen LogP contribution in [0.25, 0.3) is 0 Å². The van der Waals surface area contributed by atoms with Gasteiger partial charge in [-0.2, -0.15) is 0 Å². The zero-order chi connectivity index (χ0) is 15.6. The van der Waals surface area contributed by atoms with Crippen molar-refractivity contribution in [2.75, 3.05) is 0 Å². The van der Waals surface area contributed by atoms with Gasteiger partial charge in [-0.15, -0.1) is 0 Å². The number of hydrogen-bond acceptors (Lipinski definition) is 2. The third-order valence-electron chi connectivity index (χ3n) is 4.18. The van der Waals surface area contributed by atoms with Crippen molar-refractivity contribution < 1.29 is 14.7 Å². The van der Waals surface area contributed by atoms with Crippen molar-refractivity contribution >= 4 is 27.8 Å². The first kappa shape index (κ1) is 16.0. The van der Waals surface area contributed by atoms with Crippen LogP contribution >= 0.6 is 15.9 Å². The van der Waals surface area contributed by atoms with Gasteiger partial charge < -0.3 is 10.4 Å².